The van der Waals surface area contributed by atoms with Crippen LogP contribution in [0.5, 0.6) is 0 Å². The number of amides is 4. The average Bonchev–Trinajstić information content (AvgIpc) is 3.61. The number of nitriles is 1. The minimum atomic E-state index is -0.687. The van der Waals surface area contributed by atoms with E-state index in [1.54, 1.807) is 35.4 Å². The van der Waals surface area contributed by atoms with Crippen molar-refractivity contribution < 1.29 is 19.2 Å². The summed E-state index contributed by atoms with van der Waals surface area (Å²) in [5.74, 6) is -1.30. The van der Waals surface area contributed by atoms with E-state index in [1.807, 2.05) is 17.6 Å². The first kappa shape index (κ1) is 22.7. The first-order valence-corrected chi connectivity index (χ1v) is 12.0. The Bertz CT molecular complexity index is 1530. The Balaban J connectivity index is 1.21. The number of carbonyl (C=O) groups excluding carboxylic acids is 4. The molecule has 186 valence electrons. The van der Waals surface area contributed by atoms with Crippen LogP contribution >= 0.6 is 0 Å². The fourth-order valence-electron chi connectivity index (χ4n) is 5.37. The van der Waals surface area contributed by atoms with Crippen LogP contribution in [0.4, 0.5) is 0 Å². The Morgan fingerprint density at radius 2 is 2.00 bits per heavy atom. The summed E-state index contributed by atoms with van der Waals surface area (Å²) in [6.07, 6.45) is 2.04. The van der Waals surface area contributed by atoms with Gasteiger partial charge in [0, 0.05) is 37.3 Å². The topological polar surface area (TPSA) is 146 Å². The second-order valence-electron chi connectivity index (χ2n) is 9.37. The van der Waals surface area contributed by atoms with Gasteiger partial charge in [-0.2, -0.15) is 5.26 Å². The van der Waals surface area contributed by atoms with Crippen molar-refractivity contribution in [3.05, 3.63) is 64.7 Å². The smallest absolute Gasteiger partial charge is 0.276 e. The molecule has 3 aliphatic heterocycles. The van der Waals surface area contributed by atoms with E-state index < -0.39 is 11.9 Å². The summed E-state index contributed by atoms with van der Waals surface area (Å²) >= 11 is 0. The predicted octanol–water partition coefficient (Wildman–Crippen LogP) is 0.918. The van der Waals surface area contributed by atoms with Crippen LogP contribution in [-0.2, 0) is 22.7 Å². The average molecular weight is 499 g/mol. The summed E-state index contributed by atoms with van der Waals surface area (Å²) in [6.45, 7) is 3.13. The number of piperidine rings is 1. The van der Waals surface area contributed by atoms with Gasteiger partial charge in [-0.05, 0) is 49.2 Å². The van der Waals surface area contributed by atoms with E-state index in [0.717, 1.165) is 11.3 Å². The Morgan fingerprint density at radius 3 is 2.78 bits per heavy atom. The first-order valence-electron chi connectivity index (χ1n) is 12.0. The highest BCUT2D eigenvalue weighted by Crippen LogP contribution is 2.30. The van der Waals surface area contributed by atoms with E-state index in [9.17, 15) is 24.4 Å². The van der Waals surface area contributed by atoms with E-state index in [-0.39, 0.29) is 42.4 Å². The number of hydrogen-bond donors (Lipinski definition) is 1. The Morgan fingerprint density at radius 1 is 1.16 bits per heavy atom. The molecule has 37 heavy (non-hydrogen) atoms. The van der Waals surface area contributed by atoms with Gasteiger partial charge >= 0.3 is 0 Å². The molecule has 2 unspecified atom stereocenters. The molecule has 4 amide bonds. The summed E-state index contributed by atoms with van der Waals surface area (Å²) in [5, 5.41) is 19.8. The molecule has 1 N–H and O–H groups in total. The van der Waals surface area contributed by atoms with Gasteiger partial charge in [0.2, 0.25) is 11.8 Å². The van der Waals surface area contributed by atoms with Crippen molar-refractivity contribution in [3.8, 4) is 11.8 Å². The normalized spacial score (nSPS) is 20.9. The molecule has 0 spiro atoms. The Hall–Kier alpha value is -4.79. The van der Waals surface area contributed by atoms with Crippen LogP contribution in [0.3, 0.4) is 0 Å². The number of imide groups is 1. The van der Waals surface area contributed by atoms with Crippen molar-refractivity contribution >= 4 is 23.6 Å². The molecular weight excluding hydrogens is 476 g/mol. The SMILES string of the molecule is CC1c2ccc(C#N)n2CCN1C(=O)c1cn(-c2ccc3c(c2)CN(C2CCC(=O)NC2=O)C3=O)nn1. The van der Waals surface area contributed by atoms with Crippen LogP contribution in [0, 0.1) is 11.3 Å². The number of nitrogens with one attached hydrogen (secondary N) is 1. The van der Waals surface area contributed by atoms with Gasteiger partial charge < -0.3 is 14.4 Å². The lowest BCUT2D eigenvalue weighted by atomic mass is 10.0. The summed E-state index contributed by atoms with van der Waals surface area (Å²) in [4.78, 5) is 53.2. The number of hydrogen-bond acceptors (Lipinski definition) is 7. The van der Waals surface area contributed by atoms with E-state index >= 15 is 0 Å². The van der Waals surface area contributed by atoms with E-state index in [1.165, 1.54) is 9.58 Å². The number of fused-ring (bicyclic) bond motifs is 2. The molecule has 0 aliphatic carbocycles. The zero-order valence-corrected chi connectivity index (χ0v) is 19.9. The third-order valence-electron chi connectivity index (χ3n) is 7.33. The van der Waals surface area contributed by atoms with Crippen LogP contribution in [0.1, 0.15) is 63.6 Å². The van der Waals surface area contributed by atoms with E-state index in [2.05, 4.69) is 21.7 Å². The van der Waals surface area contributed by atoms with Gasteiger partial charge in [0.25, 0.3) is 11.8 Å². The van der Waals surface area contributed by atoms with Gasteiger partial charge in [-0.1, -0.05) is 5.21 Å². The molecule has 3 aromatic rings. The van der Waals surface area contributed by atoms with Crippen molar-refractivity contribution in [2.75, 3.05) is 6.54 Å². The van der Waals surface area contributed by atoms with Crippen LogP contribution < -0.4 is 5.32 Å². The van der Waals surface area contributed by atoms with Crippen LogP contribution in [0.25, 0.3) is 5.69 Å². The Kier molecular flexibility index (Phi) is 5.15. The van der Waals surface area contributed by atoms with Gasteiger partial charge in [-0.15, -0.1) is 5.10 Å². The third kappa shape index (κ3) is 3.58. The zero-order valence-electron chi connectivity index (χ0n) is 19.9. The van der Waals surface area contributed by atoms with Crippen molar-refractivity contribution in [1.29, 1.82) is 5.26 Å². The highest BCUT2D eigenvalue weighted by atomic mass is 16.2. The lowest BCUT2D eigenvalue weighted by Crippen LogP contribution is -2.52. The predicted molar refractivity (Wildman–Crippen MR) is 126 cm³/mol. The lowest BCUT2D eigenvalue weighted by Gasteiger charge is -2.34. The molecule has 3 aliphatic rings. The lowest BCUT2D eigenvalue weighted by molar-refractivity contribution is -0.136. The molecule has 5 heterocycles. The fraction of sp³-hybridized carbons (Fsp3) is 0.320. The summed E-state index contributed by atoms with van der Waals surface area (Å²) in [7, 11) is 0. The molecule has 12 nitrogen and oxygen atoms in total. The third-order valence-corrected chi connectivity index (χ3v) is 7.33. The van der Waals surface area contributed by atoms with Gasteiger partial charge in [0.1, 0.15) is 17.8 Å². The number of carbonyl (C=O) groups is 4. The summed E-state index contributed by atoms with van der Waals surface area (Å²) in [5.41, 5.74) is 3.51. The molecule has 0 radical (unpaired) electrons. The number of aromatic nitrogens is 4. The summed E-state index contributed by atoms with van der Waals surface area (Å²) < 4.78 is 3.41. The molecule has 1 saturated heterocycles. The second-order valence-corrected chi connectivity index (χ2v) is 9.37. The van der Waals surface area contributed by atoms with Gasteiger partial charge in [0.15, 0.2) is 5.69 Å². The zero-order chi connectivity index (χ0) is 25.8. The maximum atomic E-state index is 13.3. The minimum absolute atomic E-state index is 0.189. The highest BCUT2D eigenvalue weighted by molar-refractivity contribution is 6.05. The van der Waals surface area contributed by atoms with Crippen LogP contribution in [0.2, 0.25) is 0 Å². The molecule has 1 aromatic carbocycles. The molecular formula is C25H22N8O4. The molecule has 1 fully saturated rings. The largest absolute Gasteiger partial charge is 0.333 e. The maximum Gasteiger partial charge on any atom is 0.276 e. The van der Waals surface area contributed by atoms with Crippen LogP contribution in [0.15, 0.2) is 36.5 Å². The van der Waals surface area contributed by atoms with Crippen LogP contribution in [-0.4, -0.2) is 65.6 Å². The quantitative estimate of drug-likeness (QED) is 0.528. The van der Waals surface area contributed by atoms with Crippen molar-refractivity contribution in [2.24, 2.45) is 0 Å². The maximum absolute atomic E-state index is 13.3. The molecule has 0 bridgehead atoms. The fourth-order valence-corrected chi connectivity index (χ4v) is 5.37. The summed E-state index contributed by atoms with van der Waals surface area (Å²) in [6, 6.07) is 10.1. The van der Waals surface area contributed by atoms with Crippen molar-refractivity contribution in [1.82, 2.24) is 34.7 Å². The minimum Gasteiger partial charge on any atom is -0.333 e. The molecule has 2 aromatic heterocycles. The highest BCUT2D eigenvalue weighted by Gasteiger charge is 2.39. The first-order chi connectivity index (χ1) is 17.9. The second kappa shape index (κ2) is 8.41. The van der Waals surface area contributed by atoms with Gasteiger partial charge in [0.05, 0.1) is 17.9 Å². The molecule has 12 heteroatoms. The van der Waals surface area contributed by atoms with Gasteiger partial charge in [-0.3, -0.25) is 24.5 Å². The van der Waals surface area contributed by atoms with E-state index in [0.29, 0.717) is 36.5 Å². The number of benzene rings is 1. The van der Waals surface area contributed by atoms with Crippen molar-refractivity contribution in [3.63, 3.8) is 0 Å². The standard InChI is InChI=1S/C25H22N8O4/c1-14-20-5-3-17(11-26)31(20)9-8-30(14)25(37)19-13-33(29-28-19)16-2-4-18-15(10-16)12-32(24(18)36)21-6-7-22(34)27-23(21)35/h2-5,10,13-14,21H,6-9,12H2,1H3,(H,27,34,35). The monoisotopic (exact) mass is 498 g/mol. The molecule has 2 atom stereocenters. The molecule has 0 saturated carbocycles. The van der Waals surface area contributed by atoms with Crippen molar-refractivity contribution in [2.45, 2.75) is 44.9 Å². The number of nitrogens with zero attached hydrogens (tertiary/aromatic N) is 7. The van der Waals surface area contributed by atoms with Gasteiger partial charge in [-0.25, -0.2) is 4.68 Å². The molecule has 6 rings (SSSR count). The Labute approximate surface area is 211 Å². The van der Waals surface area contributed by atoms with E-state index in [4.69, 9.17) is 0 Å². The number of rotatable bonds is 3.